The second-order valence-corrected chi connectivity index (χ2v) is 7.70. The zero-order chi connectivity index (χ0) is 28.1. The van der Waals surface area contributed by atoms with E-state index in [1.165, 1.54) is 24.5 Å². The number of phenolic OH excluding ortho intramolecular Hbond substituents is 2. The van der Waals surface area contributed by atoms with Crippen molar-refractivity contribution in [2.45, 2.75) is 18.5 Å². The highest BCUT2D eigenvalue weighted by molar-refractivity contribution is 6.09. The van der Waals surface area contributed by atoms with Crippen molar-refractivity contribution in [1.29, 1.82) is 0 Å². The van der Waals surface area contributed by atoms with Crippen LogP contribution in [0.2, 0.25) is 0 Å². The van der Waals surface area contributed by atoms with Gasteiger partial charge in [0.15, 0.2) is 0 Å². The summed E-state index contributed by atoms with van der Waals surface area (Å²) in [6.45, 7) is 0. The number of hydrogen-bond acceptors (Lipinski definition) is 6. The summed E-state index contributed by atoms with van der Waals surface area (Å²) in [5.74, 6) is -1.97. The third kappa shape index (κ3) is 6.85. The van der Waals surface area contributed by atoms with Crippen molar-refractivity contribution < 1.29 is 46.5 Å². The summed E-state index contributed by atoms with van der Waals surface area (Å²) in [7, 11) is 0. The Bertz CT molecular complexity index is 1390. The van der Waals surface area contributed by atoms with Gasteiger partial charge in [0, 0.05) is 18.0 Å². The Morgan fingerprint density at radius 3 is 1.74 bits per heavy atom. The van der Waals surface area contributed by atoms with Gasteiger partial charge in [0.25, 0.3) is 0 Å². The molecule has 0 radical (unpaired) electrons. The summed E-state index contributed by atoms with van der Waals surface area (Å²) in [6.07, 6.45) is -7.55. The lowest BCUT2D eigenvalue weighted by molar-refractivity contribution is -0.138. The van der Waals surface area contributed by atoms with E-state index >= 15 is 0 Å². The summed E-state index contributed by atoms with van der Waals surface area (Å²) in [6, 6.07) is 14.0. The van der Waals surface area contributed by atoms with Crippen LogP contribution in [0.3, 0.4) is 0 Å². The first kappa shape index (κ1) is 28.1. The molecule has 0 fully saturated rings. The molecule has 4 rings (SSSR count). The first-order chi connectivity index (χ1) is 17.8. The SMILES string of the molecule is O=C(c1ccccn1)c1ccc(C(F)(F)F)cc1O.Oc1cc(C(F)(F)F)ccc1C(O)c1ccccn1. The first-order valence-electron chi connectivity index (χ1n) is 10.6. The highest BCUT2D eigenvalue weighted by Gasteiger charge is 2.32. The average molecular weight is 536 g/mol. The van der Waals surface area contributed by atoms with E-state index in [9.17, 15) is 46.5 Å². The van der Waals surface area contributed by atoms with Gasteiger partial charge in [0.05, 0.1) is 22.4 Å². The van der Waals surface area contributed by atoms with Crippen molar-refractivity contribution in [3.05, 3.63) is 119 Å². The van der Waals surface area contributed by atoms with Crippen LogP contribution < -0.4 is 0 Å². The fourth-order valence-corrected chi connectivity index (χ4v) is 3.18. The van der Waals surface area contributed by atoms with Crippen molar-refractivity contribution in [3.63, 3.8) is 0 Å². The molecule has 1 unspecified atom stereocenters. The number of hydrogen-bond donors (Lipinski definition) is 3. The second kappa shape index (κ2) is 11.3. The molecule has 4 aromatic rings. The number of aliphatic hydroxyl groups excluding tert-OH is 1. The summed E-state index contributed by atoms with van der Waals surface area (Å²) in [5, 5.41) is 29.1. The minimum atomic E-state index is -4.57. The van der Waals surface area contributed by atoms with Crippen LogP contribution in [-0.4, -0.2) is 31.1 Å². The molecule has 0 aliphatic carbocycles. The Morgan fingerprint density at radius 2 is 1.26 bits per heavy atom. The second-order valence-electron chi connectivity index (χ2n) is 7.70. The van der Waals surface area contributed by atoms with Crippen LogP contribution in [-0.2, 0) is 12.4 Å². The van der Waals surface area contributed by atoms with Gasteiger partial charge < -0.3 is 15.3 Å². The lowest BCUT2D eigenvalue weighted by Gasteiger charge is -2.14. The molecule has 12 heteroatoms. The number of halogens is 6. The number of aliphatic hydroxyl groups is 1. The van der Waals surface area contributed by atoms with Crippen LogP contribution in [0.15, 0.2) is 85.2 Å². The molecule has 0 saturated heterocycles. The van der Waals surface area contributed by atoms with Crippen molar-refractivity contribution in [2.24, 2.45) is 0 Å². The van der Waals surface area contributed by atoms with E-state index in [0.717, 1.165) is 24.3 Å². The highest BCUT2D eigenvalue weighted by Crippen LogP contribution is 2.36. The summed E-state index contributed by atoms with van der Waals surface area (Å²) >= 11 is 0. The first-order valence-corrected chi connectivity index (χ1v) is 10.6. The Balaban J connectivity index is 0.000000211. The molecular weight excluding hydrogens is 518 g/mol. The number of phenols is 2. The molecule has 0 amide bonds. The third-order valence-corrected chi connectivity index (χ3v) is 5.09. The maximum absolute atomic E-state index is 12.4. The summed E-state index contributed by atoms with van der Waals surface area (Å²) < 4.78 is 74.6. The minimum Gasteiger partial charge on any atom is -0.508 e. The number of pyridine rings is 2. The Morgan fingerprint density at radius 1 is 0.711 bits per heavy atom. The summed E-state index contributed by atoms with van der Waals surface area (Å²) in [4.78, 5) is 19.6. The standard InChI is InChI=1S/C13H10F3NO2.C13H8F3NO2/c2*14-13(15,16)8-4-5-9(11(18)7-8)12(19)10-3-1-2-6-17-10/h1-7,12,18-19H;1-7,18H. The molecule has 2 heterocycles. The van der Waals surface area contributed by atoms with Gasteiger partial charge in [-0.2, -0.15) is 26.3 Å². The molecule has 0 aliphatic rings. The monoisotopic (exact) mass is 536 g/mol. The number of alkyl halides is 6. The lowest BCUT2D eigenvalue weighted by atomic mass is 10.0. The maximum atomic E-state index is 12.4. The highest BCUT2D eigenvalue weighted by atomic mass is 19.4. The van der Waals surface area contributed by atoms with Gasteiger partial charge in [0.2, 0.25) is 5.78 Å². The van der Waals surface area contributed by atoms with Crippen molar-refractivity contribution in [3.8, 4) is 11.5 Å². The number of nitrogens with zero attached hydrogens (tertiary/aromatic N) is 2. The molecule has 0 saturated carbocycles. The van der Waals surface area contributed by atoms with Gasteiger partial charge in [-0.05, 0) is 54.6 Å². The van der Waals surface area contributed by atoms with E-state index in [0.29, 0.717) is 12.1 Å². The Labute approximate surface area is 211 Å². The van der Waals surface area contributed by atoms with Gasteiger partial charge >= 0.3 is 12.4 Å². The van der Waals surface area contributed by atoms with Crippen LogP contribution in [0, 0.1) is 0 Å². The van der Waals surface area contributed by atoms with Gasteiger partial charge in [-0.25, -0.2) is 0 Å². The fourth-order valence-electron chi connectivity index (χ4n) is 3.18. The van der Waals surface area contributed by atoms with Gasteiger partial charge in [-0.15, -0.1) is 0 Å². The quantitative estimate of drug-likeness (QED) is 0.221. The van der Waals surface area contributed by atoms with Crippen LogP contribution in [0.5, 0.6) is 11.5 Å². The maximum Gasteiger partial charge on any atom is 0.416 e. The van der Waals surface area contributed by atoms with Gasteiger partial charge in [0.1, 0.15) is 23.3 Å². The fraction of sp³-hybridized carbons (Fsp3) is 0.115. The van der Waals surface area contributed by atoms with Crippen molar-refractivity contribution >= 4 is 5.78 Å². The number of benzene rings is 2. The van der Waals surface area contributed by atoms with E-state index in [1.54, 1.807) is 24.3 Å². The smallest absolute Gasteiger partial charge is 0.416 e. The number of carbonyl (C=O) groups excluding carboxylic acids is 1. The number of rotatable bonds is 4. The van der Waals surface area contributed by atoms with E-state index in [4.69, 9.17) is 0 Å². The van der Waals surface area contributed by atoms with Crippen LogP contribution in [0.1, 0.15) is 44.5 Å². The molecule has 38 heavy (non-hydrogen) atoms. The molecule has 3 N–H and O–H groups in total. The van der Waals surface area contributed by atoms with Crippen LogP contribution >= 0.6 is 0 Å². The molecule has 198 valence electrons. The normalized spacial score (nSPS) is 12.3. The Hall–Kier alpha value is -4.45. The molecular formula is C26H18F6N2O4. The third-order valence-electron chi connectivity index (χ3n) is 5.09. The number of ketones is 1. The van der Waals surface area contributed by atoms with E-state index in [1.807, 2.05) is 0 Å². The molecule has 6 nitrogen and oxygen atoms in total. The topological polar surface area (TPSA) is 104 Å². The van der Waals surface area contributed by atoms with Crippen LogP contribution in [0.4, 0.5) is 26.3 Å². The zero-order valence-corrected chi connectivity index (χ0v) is 19.1. The van der Waals surface area contributed by atoms with E-state index in [-0.39, 0.29) is 22.5 Å². The average Bonchev–Trinajstić information content (AvgIpc) is 2.88. The molecule has 0 aliphatic heterocycles. The van der Waals surface area contributed by atoms with Crippen molar-refractivity contribution in [2.75, 3.05) is 0 Å². The Kier molecular flexibility index (Phi) is 8.36. The summed E-state index contributed by atoms with van der Waals surface area (Å²) in [5.41, 5.74) is -1.92. The van der Waals surface area contributed by atoms with E-state index in [2.05, 4.69) is 9.97 Å². The van der Waals surface area contributed by atoms with Gasteiger partial charge in [-0.3, -0.25) is 14.8 Å². The number of aromatic hydroxyl groups is 2. The van der Waals surface area contributed by atoms with Crippen molar-refractivity contribution in [1.82, 2.24) is 9.97 Å². The molecule has 2 aromatic heterocycles. The van der Waals surface area contributed by atoms with Gasteiger partial charge in [-0.1, -0.05) is 18.2 Å². The predicted octanol–water partition coefficient (Wildman–Crippen LogP) is 5.92. The molecule has 0 spiro atoms. The molecule has 2 aromatic carbocycles. The molecule has 1 atom stereocenters. The van der Waals surface area contributed by atoms with E-state index < -0.39 is 46.9 Å². The van der Waals surface area contributed by atoms with Crippen LogP contribution in [0.25, 0.3) is 0 Å². The number of carbonyl (C=O) groups is 1. The number of aromatic nitrogens is 2. The predicted molar refractivity (Wildman–Crippen MR) is 122 cm³/mol. The lowest BCUT2D eigenvalue weighted by Crippen LogP contribution is -2.08. The minimum absolute atomic E-state index is 0.0216. The molecule has 0 bridgehead atoms. The largest absolute Gasteiger partial charge is 0.508 e. The zero-order valence-electron chi connectivity index (χ0n) is 19.1.